The van der Waals surface area contributed by atoms with Gasteiger partial charge in [-0.2, -0.15) is 0 Å². The molecule has 0 aliphatic heterocycles. The molecule has 1 saturated carbocycles. The monoisotopic (exact) mass is 264 g/mol. The van der Waals surface area contributed by atoms with Crippen LogP contribution >= 0.6 is 11.3 Å². The fourth-order valence-electron chi connectivity index (χ4n) is 3.15. The van der Waals surface area contributed by atoms with E-state index in [1.54, 1.807) is 4.88 Å². The Morgan fingerprint density at radius 2 is 2.06 bits per heavy atom. The third-order valence-electron chi connectivity index (χ3n) is 5.01. The summed E-state index contributed by atoms with van der Waals surface area (Å²) in [5.41, 5.74) is 1.90. The van der Waals surface area contributed by atoms with Crippen molar-refractivity contribution in [2.75, 3.05) is 6.54 Å². The number of nitrogens with zero attached hydrogens (tertiary/aromatic N) is 1. The molecule has 1 aromatic rings. The van der Waals surface area contributed by atoms with Crippen LogP contribution in [-0.2, 0) is 18.4 Å². The van der Waals surface area contributed by atoms with Gasteiger partial charge in [0.05, 0.1) is 11.2 Å². The van der Waals surface area contributed by atoms with Gasteiger partial charge in [-0.05, 0) is 57.4 Å². The summed E-state index contributed by atoms with van der Waals surface area (Å²) in [4.78, 5) is 6.56. The van der Waals surface area contributed by atoms with Crippen LogP contribution in [0.5, 0.6) is 0 Å². The highest BCUT2D eigenvalue weighted by atomic mass is 32.1. The summed E-state index contributed by atoms with van der Waals surface area (Å²) in [7, 11) is 0. The minimum absolute atomic E-state index is 0.0871. The van der Waals surface area contributed by atoms with E-state index in [0.29, 0.717) is 5.41 Å². The van der Waals surface area contributed by atoms with Crippen molar-refractivity contribution in [2.45, 2.75) is 64.8 Å². The topological polar surface area (TPSA) is 24.9 Å². The fraction of sp³-hybridized carbons (Fsp3) is 0.800. The molecule has 3 rings (SSSR count). The summed E-state index contributed by atoms with van der Waals surface area (Å²) in [6.45, 7) is 8.01. The highest BCUT2D eigenvalue weighted by Crippen LogP contribution is 2.58. The summed E-state index contributed by atoms with van der Waals surface area (Å²) in [5, 5.41) is 5.08. The van der Waals surface area contributed by atoms with Gasteiger partial charge < -0.3 is 5.32 Å². The van der Waals surface area contributed by atoms with Crippen molar-refractivity contribution in [1.29, 1.82) is 0 Å². The van der Waals surface area contributed by atoms with Crippen molar-refractivity contribution in [1.82, 2.24) is 10.3 Å². The van der Waals surface area contributed by atoms with Gasteiger partial charge in [0.1, 0.15) is 5.01 Å². The van der Waals surface area contributed by atoms with Crippen molar-refractivity contribution in [2.24, 2.45) is 5.41 Å². The summed E-state index contributed by atoms with van der Waals surface area (Å²) in [6.07, 6.45) is 7.80. The molecule has 2 nitrogen and oxygen atoms in total. The first-order valence-electron chi connectivity index (χ1n) is 7.33. The lowest BCUT2D eigenvalue weighted by Crippen LogP contribution is -2.46. The van der Waals surface area contributed by atoms with Crippen LogP contribution in [0.2, 0.25) is 0 Å². The second kappa shape index (κ2) is 4.31. The van der Waals surface area contributed by atoms with E-state index in [4.69, 9.17) is 4.98 Å². The number of nitrogens with one attached hydrogen (secondary N) is 1. The molecule has 1 aromatic heterocycles. The van der Waals surface area contributed by atoms with E-state index < -0.39 is 0 Å². The highest BCUT2D eigenvalue weighted by Gasteiger charge is 2.55. The molecule has 1 unspecified atom stereocenters. The van der Waals surface area contributed by atoms with E-state index in [-0.39, 0.29) is 5.54 Å². The van der Waals surface area contributed by atoms with E-state index in [9.17, 15) is 0 Å². The number of aromatic nitrogens is 1. The molecule has 0 spiro atoms. The van der Waals surface area contributed by atoms with Crippen LogP contribution in [0.25, 0.3) is 0 Å². The first-order valence-corrected chi connectivity index (χ1v) is 8.15. The number of hydrogen-bond acceptors (Lipinski definition) is 3. The first kappa shape index (κ1) is 12.6. The standard InChI is InChI=1S/C15H24N2S/c1-4-16-15(3,14(2)9-10-14)13-17-11-7-5-6-8-12(11)18-13/h16H,4-10H2,1-3H3. The molecule has 1 N–H and O–H groups in total. The third kappa shape index (κ3) is 1.83. The Morgan fingerprint density at radius 3 is 2.67 bits per heavy atom. The van der Waals surface area contributed by atoms with E-state index in [1.165, 1.54) is 49.2 Å². The lowest BCUT2D eigenvalue weighted by Gasteiger charge is -2.35. The predicted octanol–water partition coefficient (Wildman–Crippen LogP) is 3.65. The SMILES string of the molecule is CCNC(C)(c1nc2c(s1)CCCC2)C1(C)CC1. The van der Waals surface area contributed by atoms with Crippen molar-refractivity contribution in [3.63, 3.8) is 0 Å². The van der Waals surface area contributed by atoms with Gasteiger partial charge in [0.15, 0.2) is 0 Å². The maximum atomic E-state index is 5.00. The zero-order valence-electron chi connectivity index (χ0n) is 11.8. The normalized spacial score (nSPS) is 24.4. The van der Waals surface area contributed by atoms with Gasteiger partial charge in [0.2, 0.25) is 0 Å². The second-order valence-corrected chi connectivity index (χ2v) is 7.40. The largest absolute Gasteiger partial charge is 0.305 e. The number of rotatable bonds is 4. The molecule has 3 heteroatoms. The average Bonchev–Trinajstić information content (AvgIpc) is 2.96. The molecular weight excluding hydrogens is 240 g/mol. The summed E-state index contributed by atoms with van der Waals surface area (Å²) < 4.78 is 0. The number of fused-ring (bicyclic) bond motifs is 1. The Bertz CT molecular complexity index is 424. The summed E-state index contributed by atoms with van der Waals surface area (Å²) in [6, 6.07) is 0. The Hall–Kier alpha value is -0.410. The second-order valence-electron chi connectivity index (χ2n) is 6.31. The van der Waals surface area contributed by atoms with Gasteiger partial charge in [-0.3, -0.25) is 0 Å². The molecular formula is C15H24N2S. The van der Waals surface area contributed by atoms with Crippen molar-refractivity contribution < 1.29 is 0 Å². The minimum atomic E-state index is 0.0871. The van der Waals surface area contributed by atoms with Crippen LogP contribution in [-0.4, -0.2) is 11.5 Å². The van der Waals surface area contributed by atoms with Gasteiger partial charge in [0, 0.05) is 4.88 Å². The zero-order valence-corrected chi connectivity index (χ0v) is 12.6. The van der Waals surface area contributed by atoms with Crippen LogP contribution < -0.4 is 5.32 Å². The molecule has 2 aliphatic carbocycles. The van der Waals surface area contributed by atoms with Crippen LogP contribution in [0.3, 0.4) is 0 Å². The van der Waals surface area contributed by atoms with E-state index in [0.717, 1.165) is 6.54 Å². The highest BCUT2D eigenvalue weighted by molar-refractivity contribution is 7.11. The van der Waals surface area contributed by atoms with Crippen molar-refractivity contribution in [3.8, 4) is 0 Å². The summed E-state index contributed by atoms with van der Waals surface area (Å²) in [5.74, 6) is 0. The molecule has 0 saturated heterocycles. The van der Waals surface area contributed by atoms with Gasteiger partial charge in [-0.25, -0.2) is 4.98 Å². The molecule has 1 fully saturated rings. The fourth-order valence-corrected chi connectivity index (χ4v) is 4.58. The quantitative estimate of drug-likeness (QED) is 0.898. The van der Waals surface area contributed by atoms with Gasteiger partial charge >= 0.3 is 0 Å². The summed E-state index contributed by atoms with van der Waals surface area (Å²) >= 11 is 1.98. The van der Waals surface area contributed by atoms with Crippen LogP contribution in [0.15, 0.2) is 0 Å². The van der Waals surface area contributed by atoms with E-state index in [1.807, 2.05) is 11.3 Å². The van der Waals surface area contributed by atoms with Crippen LogP contribution in [0, 0.1) is 5.41 Å². The Morgan fingerprint density at radius 1 is 1.33 bits per heavy atom. The molecule has 0 bridgehead atoms. The van der Waals surface area contributed by atoms with Crippen molar-refractivity contribution >= 4 is 11.3 Å². The molecule has 2 aliphatic rings. The average molecular weight is 264 g/mol. The molecule has 0 amide bonds. The van der Waals surface area contributed by atoms with Crippen LogP contribution in [0.1, 0.15) is 62.0 Å². The minimum Gasteiger partial charge on any atom is -0.305 e. The molecule has 100 valence electrons. The maximum Gasteiger partial charge on any atom is 0.114 e. The molecule has 1 heterocycles. The number of hydrogen-bond donors (Lipinski definition) is 1. The Kier molecular flexibility index (Phi) is 3.02. The lowest BCUT2D eigenvalue weighted by molar-refractivity contribution is 0.230. The smallest absolute Gasteiger partial charge is 0.114 e. The van der Waals surface area contributed by atoms with Gasteiger partial charge in [0.25, 0.3) is 0 Å². The molecule has 0 aromatic carbocycles. The Balaban J connectivity index is 1.97. The van der Waals surface area contributed by atoms with E-state index >= 15 is 0 Å². The first-order chi connectivity index (χ1) is 8.59. The molecule has 18 heavy (non-hydrogen) atoms. The molecule has 0 radical (unpaired) electrons. The molecule has 1 atom stereocenters. The number of thiazole rings is 1. The van der Waals surface area contributed by atoms with Gasteiger partial charge in [-0.1, -0.05) is 13.8 Å². The van der Waals surface area contributed by atoms with E-state index in [2.05, 4.69) is 26.1 Å². The van der Waals surface area contributed by atoms with Crippen LogP contribution in [0.4, 0.5) is 0 Å². The maximum absolute atomic E-state index is 5.00. The third-order valence-corrected chi connectivity index (χ3v) is 6.39. The lowest BCUT2D eigenvalue weighted by atomic mass is 9.84. The van der Waals surface area contributed by atoms with Crippen molar-refractivity contribution in [3.05, 3.63) is 15.6 Å². The Labute approximate surface area is 114 Å². The van der Waals surface area contributed by atoms with Gasteiger partial charge in [-0.15, -0.1) is 11.3 Å². The predicted molar refractivity (Wildman–Crippen MR) is 77.1 cm³/mol. The number of aryl methyl sites for hydroxylation is 2. The zero-order chi connectivity index (χ0) is 12.8.